The van der Waals surface area contributed by atoms with Crippen molar-refractivity contribution in [1.29, 1.82) is 0 Å². The Morgan fingerprint density at radius 3 is 2.41 bits per heavy atom. The fraction of sp³-hybridized carbons (Fsp3) is 0.200. The number of nitrogens with zero attached hydrogens (tertiary/aromatic N) is 1. The van der Waals surface area contributed by atoms with E-state index in [0.29, 0.717) is 45.5 Å². The summed E-state index contributed by atoms with van der Waals surface area (Å²) in [7, 11) is 0. The number of amides is 1. The second kappa shape index (κ2) is 9.79. The van der Waals surface area contributed by atoms with Crippen LogP contribution >= 0.6 is 11.6 Å². The van der Waals surface area contributed by atoms with Crippen LogP contribution in [-0.4, -0.2) is 23.4 Å². The number of carbonyl (C=O) groups excluding carboxylic acids is 2. The van der Waals surface area contributed by atoms with Crippen LogP contribution in [0, 0.1) is 0 Å². The van der Waals surface area contributed by atoms with Crippen LogP contribution in [0.25, 0.3) is 11.0 Å². The molecule has 0 bridgehead atoms. The first-order chi connectivity index (χ1) is 17.8. The zero-order valence-corrected chi connectivity index (χ0v) is 21.5. The molecule has 1 N–H and O–H groups in total. The molecule has 1 aliphatic rings. The van der Waals surface area contributed by atoms with E-state index in [0.717, 1.165) is 5.56 Å². The molecule has 0 saturated heterocycles. The Labute approximate surface area is 219 Å². The second-order valence-corrected chi connectivity index (χ2v) is 9.65. The van der Waals surface area contributed by atoms with Crippen molar-refractivity contribution in [3.63, 3.8) is 0 Å². The quantitative estimate of drug-likeness (QED) is 0.259. The number of rotatable bonds is 7. The number of anilines is 1. The molecule has 37 heavy (non-hydrogen) atoms. The minimum atomic E-state index is -0.864. The van der Waals surface area contributed by atoms with Crippen molar-refractivity contribution in [2.24, 2.45) is 0 Å². The zero-order valence-electron chi connectivity index (χ0n) is 20.7. The van der Waals surface area contributed by atoms with E-state index in [1.165, 1.54) is 4.90 Å². The van der Waals surface area contributed by atoms with Gasteiger partial charge in [0.2, 0.25) is 5.78 Å². The van der Waals surface area contributed by atoms with Crippen LogP contribution in [0.5, 0.6) is 5.75 Å². The van der Waals surface area contributed by atoms with Crippen molar-refractivity contribution in [3.8, 4) is 5.75 Å². The molecule has 2 heterocycles. The van der Waals surface area contributed by atoms with Gasteiger partial charge in [-0.05, 0) is 72.5 Å². The summed E-state index contributed by atoms with van der Waals surface area (Å²) in [6, 6.07) is 20.5. The maximum absolute atomic E-state index is 13.8. The topological polar surface area (TPSA) is 80.0 Å². The van der Waals surface area contributed by atoms with Crippen LogP contribution < -0.4 is 9.64 Å². The molecule has 3 aromatic carbocycles. The highest BCUT2D eigenvalue weighted by Gasteiger charge is 2.45. The lowest BCUT2D eigenvalue weighted by atomic mass is 9.94. The second-order valence-electron chi connectivity index (χ2n) is 9.21. The Bertz CT molecular complexity index is 1520. The number of aliphatic hydroxyl groups is 1. The smallest absolute Gasteiger partial charge is 0.294 e. The van der Waals surface area contributed by atoms with Crippen LogP contribution in [0.1, 0.15) is 54.4 Å². The van der Waals surface area contributed by atoms with Crippen LogP contribution in [-0.2, 0) is 4.79 Å². The van der Waals surface area contributed by atoms with E-state index in [4.69, 9.17) is 20.8 Å². The van der Waals surface area contributed by atoms with Gasteiger partial charge in [0.15, 0.2) is 11.5 Å². The molecule has 1 unspecified atom stereocenters. The highest BCUT2D eigenvalue weighted by Crippen LogP contribution is 2.43. The van der Waals surface area contributed by atoms with E-state index >= 15 is 0 Å². The van der Waals surface area contributed by atoms with Gasteiger partial charge in [-0.1, -0.05) is 49.7 Å². The summed E-state index contributed by atoms with van der Waals surface area (Å²) in [4.78, 5) is 28.7. The molecule has 0 aliphatic carbocycles. The molecule has 0 fully saturated rings. The number of aliphatic hydroxyl groups excluding tert-OH is 1. The molecule has 1 atom stereocenters. The van der Waals surface area contributed by atoms with Gasteiger partial charge < -0.3 is 14.3 Å². The van der Waals surface area contributed by atoms with Crippen LogP contribution in [0.15, 0.2) is 88.5 Å². The average molecular weight is 516 g/mol. The molecular formula is C30H26ClNO5. The van der Waals surface area contributed by atoms with Crippen LogP contribution in [0.2, 0.25) is 5.02 Å². The summed E-state index contributed by atoms with van der Waals surface area (Å²) in [5.74, 6) is -0.832. The maximum Gasteiger partial charge on any atom is 0.294 e. The molecule has 7 heteroatoms. The SMILES string of the molecule is CCOc1ccc(C2C(C(=O)c3cc4cc(Cl)ccc4o3)=C(O)C(=O)N2c2ccc(C(C)C)cc2)cc1. The number of carbonyl (C=O) groups is 2. The van der Waals surface area contributed by atoms with Gasteiger partial charge >= 0.3 is 0 Å². The summed E-state index contributed by atoms with van der Waals surface area (Å²) in [5.41, 5.74) is 2.76. The molecule has 1 amide bonds. The number of ether oxygens (including phenoxy) is 1. The third-order valence-corrected chi connectivity index (χ3v) is 6.73. The molecule has 0 saturated carbocycles. The lowest BCUT2D eigenvalue weighted by Crippen LogP contribution is -2.31. The van der Waals surface area contributed by atoms with Gasteiger partial charge in [0.05, 0.1) is 18.2 Å². The number of Topliss-reactive ketones (excluding diaryl/α,β-unsaturated/α-hetero) is 1. The zero-order chi connectivity index (χ0) is 26.3. The van der Waals surface area contributed by atoms with Crippen molar-refractivity contribution < 1.29 is 23.8 Å². The molecule has 5 rings (SSSR count). The Kier molecular flexibility index (Phi) is 6.52. The monoisotopic (exact) mass is 515 g/mol. The summed E-state index contributed by atoms with van der Waals surface area (Å²) in [6.45, 7) is 6.58. The van der Waals surface area contributed by atoms with Gasteiger partial charge in [0.25, 0.3) is 5.91 Å². The number of hydrogen-bond acceptors (Lipinski definition) is 5. The van der Waals surface area contributed by atoms with E-state index in [1.54, 1.807) is 48.5 Å². The summed E-state index contributed by atoms with van der Waals surface area (Å²) in [6.07, 6.45) is 0. The Morgan fingerprint density at radius 2 is 1.76 bits per heavy atom. The molecular weight excluding hydrogens is 490 g/mol. The highest BCUT2D eigenvalue weighted by molar-refractivity contribution is 6.31. The third kappa shape index (κ3) is 4.49. The van der Waals surface area contributed by atoms with Gasteiger partial charge in [-0.25, -0.2) is 0 Å². The highest BCUT2D eigenvalue weighted by atomic mass is 35.5. The molecule has 1 aromatic heterocycles. The molecule has 0 spiro atoms. The van der Waals surface area contributed by atoms with Crippen molar-refractivity contribution in [2.45, 2.75) is 32.7 Å². The first kappa shape index (κ1) is 24.7. The van der Waals surface area contributed by atoms with Gasteiger partial charge in [0.1, 0.15) is 11.3 Å². The minimum Gasteiger partial charge on any atom is -0.503 e. The standard InChI is InChI=1S/C30H26ClNO5/c1-4-36-23-12-7-19(8-13-23)27-26(28(33)25-16-20-15-21(31)9-14-24(20)37-25)29(34)30(35)32(27)22-10-5-18(6-11-22)17(2)3/h5-17,27,34H,4H2,1-3H3. The number of hydrogen-bond donors (Lipinski definition) is 1. The summed E-state index contributed by atoms with van der Waals surface area (Å²) < 4.78 is 11.4. The van der Waals surface area contributed by atoms with E-state index in [2.05, 4.69) is 13.8 Å². The van der Waals surface area contributed by atoms with Crippen LogP contribution in [0.4, 0.5) is 5.69 Å². The minimum absolute atomic E-state index is 0.0135. The first-order valence-electron chi connectivity index (χ1n) is 12.1. The van der Waals surface area contributed by atoms with Crippen molar-refractivity contribution in [3.05, 3.63) is 106 Å². The van der Waals surface area contributed by atoms with Gasteiger partial charge in [-0.2, -0.15) is 0 Å². The maximum atomic E-state index is 13.8. The van der Waals surface area contributed by atoms with Crippen LogP contribution in [0.3, 0.4) is 0 Å². The number of halogens is 1. The molecule has 1 aliphatic heterocycles. The molecule has 0 radical (unpaired) electrons. The average Bonchev–Trinajstić information content (AvgIpc) is 3.43. The van der Waals surface area contributed by atoms with Crippen molar-refractivity contribution in [2.75, 3.05) is 11.5 Å². The van der Waals surface area contributed by atoms with E-state index in [9.17, 15) is 14.7 Å². The Hall–Kier alpha value is -4.03. The normalized spacial score (nSPS) is 15.8. The third-order valence-electron chi connectivity index (χ3n) is 6.50. The van der Waals surface area contributed by atoms with Gasteiger partial charge in [-0.3, -0.25) is 14.5 Å². The van der Waals surface area contributed by atoms with Gasteiger partial charge in [-0.15, -0.1) is 0 Å². The van der Waals surface area contributed by atoms with Crippen molar-refractivity contribution in [1.82, 2.24) is 0 Å². The predicted molar refractivity (Wildman–Crippen MR) is 144 cm³/mol. The lowest BCUT2D eigenvalue weighted by Gasteiger charge is -2.27. The molecule has 4 aromatic rings. The number of furan rings is 1. The Morgan fingerprint density at radius 1 is 1.05 bits per heavy atom. The number of ketones is 1. The predicted octanol–water partition coefficient (Wildman–Crippen LogP) is 7.39. The fourth-order valence-electron chi connectivity index (χ4n) is 4.61. The van der Waals surface area contributed by atoms with E-state index < -0.39 is 23.5 Å². The lowest BCUT2D eigenvalue weighted by molar-refractivity contribution is -0.117. The molecule has 188 valence electrons. The van der Waals surface area contributed by atoms with Crippen molar-refractivity contribution >= 4 is 39.9 Å². The first-order valence-corrected chi connectivity index (χ1v) is 12.5. The Balaban J connectivity index is 1.61. The number of benzene rings is 3. The fourth-order valence-corrected chi connectivity index (χ4v) is 4.79. The largest absolute Gasteiger partial charge is 0.503 e. The molecule has 6 nitrogen and oxygen atoms in total. The summed E-state index contributed by atoms with van der Waals surface area (Å²) in [5, 5.41) is 12.2. The number of fused-ring (bicyclic) bond motifs is 1. The summed E-state index contributed by atoms with van der Waals surface area (Å²) >= 11 is 6.10. The van der Waals surface area contributed by atoms with E-state index in [-0.39, 0.29) is 11.3 Å². The van der Waals surface area contributed by atoms with Gasteiger partial charge in [0, 0.05) is 16.1 Å². The van der Waals surface area contributed by atoms with E-state index in [1.807, 2.05) is 31.2 Å².